The SMILES string of the molecule is CCCCC1C2CC(Br)C(=O)C2C(CCCC)C2CC(Br)C(=O)C12. The topological polar surface area (TPSA) is 34.1 Å². The van der Waals surface area contributed by atoms with Gasteiger partial charge in [-0.1, -0.05) is 71.4 Å². The lowest BCUT2D eigenvalue weighted by molar-refractivity contribution is -0.134. The first-order valence-corrected chi connectivity index (χ1v) is 11.7. The third-order valence-electron chi connectivity index (χ3n) is 6.96. The van der Waals surface area contributed by atoms with Crippen LogP contribution in [0.25, 0.3) is 0 Å². The highest BCUT2D eigenvalue weighted by Gasteiger charge is 2.61. The Hall–Kier alpha value is 0.300. The number of unbranched alkanes of at least 4 members (excludes halogenated alkanes) is 2. The molecule has 3 rings (SSSR count). The van der Waals surface area contributed by atoms with Gasteiger partial charge in [-0.15, -0.1) is 0 Å². The minimum Gasteiger partial charge on any atom is -0.298 e. The van der Waals surface area contributed by atoms with Gasteiger partial charge in [-0.2, -0.15) is 0 Å². The molecule has 0 aromatic rings. The quantitative estimate of drug-likeness (QED) is 0.486. The van der Waals surface area contributed by atoms with E-state index in [4.69, 9.17) is 0 Å². The maximum atomic E-state index is 12.9. The van der Waals surface area contributed by atoms with Gasteiger partial charge >= 0.3 is 0 Å². The lowest BCUT2D eigenvalue weighted by atomic mass is 9.56. The number of Topliss-reactive ketones (excluding diaryl/α,β-unsaturated/α-hetero) is 2. The molecule has 136 valence electrons. The van der Waals surface area contributed by atoms with E-state index in [1.54, 1.807) is 0 Å². The van der Waals surface area contributed by atoms with Crippen molar-refractivity contribution < 1.29 is 9.59 Å². The lowest BCUT2D eigenvalue weighted by Gasteiger charge is -2.46. The zero-order valence-corrected chi connectivity index (χ0v) is 18.0. The van der Waals surface area contributed by atoms with Gasteiger partial charge < -0.3 is 0 Å². The second kappa shape index (κ2) is 7.90. The van der Waals surface area contributed by atoms with Gasteiger partial charge in [0.1, 0.15) is 11.6 Å². The van der Waals surface area contributed by atoms with Gasteiger partial charge in [-0.05, 0) is 49.4 Å². The molecular formula is C20H30Br2O2. The molecule has 24 heavy (non-hydrogen) atoms. The van der Waals surface area contributed by atoms with Gasteiger partial charge in [0.15, 0.2) is 0 Å². The molecule has 0 aliphatic heterocycles. The van der Waals surface area contributed by atoms with Crippen molar-refractivity contribution in [1.29, 1.82) is 0 Å². The fourth-order valence-electron chi connectivity index (χ4n) is 5.98. The Morgan fingerprint density at radius 1 is 0.792 bits per heavy atom. The zero-order chi connectivity index (χ0) is 17.4. The highest BCUT2D eigenvalue weighted by Crippen LogP contribution is 2.59. The van der Waals surface area contributed by atoms with Crippen molar-refractivity contribution >= 4 is 43.4 Å². The summed E-state index contributed by atoms with van der Waals surface area (Å²) in [4.78, 5) is 25.9. The Morgan fingerprint density at radius 2 is 1.17 bits per heavy atom. The van der Waals surface area contributed by atoms with Crippen LogP contribution in [0, 0.1) is 35.5 Å². The van der Waals surface area contributed by atoms with Crippen LogP contribution in [0.3, 0.4) is 0 Å². The predicted molar refractivity (Wildman–Crippen MR) is 105 cm³/mol. The summed E-state index contributed by atoms with van der Waals surface area (Å²) in [5, 5.41) is 0. The first-order valence-electron chi connectivity index (χ1n) is 9.86. The van der Waals surface area contributed by atoms with Gasteiger partial charge in [-0.3, -0.25) is 9.59 Å². The minimum atomic E-state index is 0.0226. The molecule has 0 N–H and O–H groups in total. The van der Waals surface area contributed by atoms with E-state index in [9.17, 15) is 9.59 Å². The van der Waals surface area contributed by atoms with E-state index in [-0.39, 0.29) is 21.5 Å². The van der Waals surface area contributed by atoms with Crippen LogP contribution in [-0.2, 0) is 9.59 Å². The summed E-state index contributed by atoms with van der Waals surface area (Å²) in [6.07, 6.45) is 8.84. The summed E-state index contributed by atoms with van der Waals surface area (Å²) in [7, 11) is 0. The van der Waals surface area contributed by atoms with Crippen LogP contribution in [0.1, 0.15) is 65.2 Å². The van der Waals surface area contributed by atoms with Gasteiger partial charge in [0.2, 0.25) is 0 Å². The van der Waals surface area contributed by atoms with Crippen LogP contribution in [0.4, 0.5) is 0 Å². The second-order valence-electron chi connectivity index (χ2n) is 8.20. The molecule has 3 saturated carbocycles. The van der Waals surface area contributed by atoms with E-state index >= 15 is 0 Å². The van der Waals surface area contributed by atoms with Crippen LogP contribution in [0.15, 0.2) is 0 Å². The van der Waals surface area contributed by atoms with Crippen molar-refractivity contribution in [1.82, 2.24) is 0 Å². The Bertz CT molecular complexity index is 448. The lowest BCUT2D eigenvalue weighted by Crippen LogP contribution is -2.46. The van der Waals surface area contributed by atoms with Crippen molar-refractivity contribution in [3.63, 3.8) is 0 Å². The van der Waals surface area contributed by atoms with E-state index in [1.807, 2.05) is 0 Å². The summed E-state index contributed by atoms with van der Waals surface area (Å²) in [5.41, 5.74) is 0. The van der Waals surface area contributed by atoms with E-state index in [2.05, 4.69) is 45.7 Å². The molecule has 2 nitrogen and oxygen atoms in total. The standard InChI is InChI=1S/C20H30Br2O2/c1-3-5-7-11-13-9-15(21)20(24)18(13)12(8-6-4-2)14-10-16(22)19(23)17(11)14/h11-18H,3-10H2,1-2H3. The average molecular weight is 462 g/mol. The summed E-state index contributed by atoms with van der Waals surface area (Å²) in [6, 6.07) is 0. The number of carbonyl (C=O) groups excluding carboxylic acids is 2. The fraction of sp³-hybridized carbons (Fsp3) is 0.900. The predicted octanol–water partition coefficient (Wildman–Crippen LogP) is 5.55. The third-order valence-corrected chi connectivity index (χ3v) is 8.61. The van der Waals surface area contributed by atoms with Gasteiger partial charge in [-0.25, -0.2) is 0 Å². The maximum Gasteiger partial charge on any atom is 0.150 e. The number of rotatable bonds is 6. The third kappa shape index (κ3) is 3.19. The van der Waals surface area contributed by atoms with E-state index in [1.165, 1.54) is 25.7 Å². The molecular weight excluding hydrogens is 432 g/mol. The molecule has 0 heterocycles. The second-order valence-corrected chi connectivity index (χ2v) is 10.4. The molecule has 0 aromatic heterocycles. The Morgan fingerprint density at radius 3 is 1.50 bits per heavy atom. The summed E-state index contributed by atoms with van der Waals surface area (Å²) in [5.74, 6) is 3.00. The van der Waals surface area contributed by atoms with E-state index < -0.39 is 0 Å². The highest BCUT2D eigenvalue weighted by molar-refractivity contribution is 9.10. The molecule has 3 aliphatic rings. The van der Waals surface area contributed by atoms with Gasteiger partial charge in [0, 0.05) is 11.8 Å². The van der Waals surface area contributed by atoms with Crippen LogP contribution in [0.2, 0.25) is 0 Å². The first kappa shape index (κ1) is 19.1. The fourth-order valence-corrected chi connectivity index (χ4v) is 7.46. The minimum absolute atomic E-state index is 0.0226. The number of ketones is 2. The Kier molecular flexibility index (Phi) is 6.28. The normalized spacial score (nSPS) is 44.7. The summed E-state index contributed by atoms with van der Waals surface area (Å²) >= 11 is 7.30. The van der Waals surface area contributed by atoms with Crippen LogP contribution < -0.4 is 0 Å². The number of fused-ring (bicyclic) bond motifs is 2. The molecule has 0 bridgehead atoms. The Balaban J connectivity index is 1.94. The zero-order valence-electron chi connectivity index (χ0n) is 14.8. The highest BCUT2D eigenvalue weighted by atomic mass is 79.9. The smallest absolute Gasteiger partial charge is 0.150 e. The van der Waals surface area contributed by atoms with Crippen molar-refractivity contribution in [2.45, 2.75) is 74.9 Å². The summed E-state index contributed by atoms with van der Waals surface area (Å²) in [6.45, 7) is 4.44. The molecule has 0 spiro atoms. The number of hydrogen-bond acceptors (Lipinski definition) is 2. The molecule has 0 amide bonds. The number of alkyl halides is 2. The van der Waals surface area contributed by atoms with E-state index in [0.29, 0.717) is 35.2 Å². The van der Waals surface area contributed by atoms with Crippen molar-refractivity contribution in [2.75, 3.05) is 0 Å². The van der Waals surface area contributed by atoms with E-state index in [0.717, 1.165) is 25.7 Å². The molecule has 4 heteroatoms. The van der Waals surface area contributed by atoms with Crippen molar-refractivity contribution in [3.05, 3.63) is 0 Å². The molecule has 0 radical (unpaired) electrons. The monoisotopic (exact) mass is 460 g/mol. The Labute approximate surface area is 163 Å². The summed E-state index contributed by atoms with van der Waals surface area (Å²) < 4.78 is 0. The molecule has 8 atom stereocenters. The molecule has 0 aromatic carbocycles. The van der Waals surface area contributed by atoms with Crippen LogP contribution in [-0.4, -0.2) is 21.2 Å². The van der Waals surface area contributed by atoms with Crippen molar-refractivity contribution in [3.8, 4) is 0 Å². The van der Waals surface area contributed by atoms with Gasteiger partial charge in [0.05, 0.1) is 9.65 Å². The number of halogens is 2. The molecule has 0 saturated heterocycles. The molecule has 8 unspecified atom stereocenters. The van der Waals surface area contributed by atoms with Crippen molar-refractivity contribution in [2.24, 2.45) is 35.5 Å². The molecule has 3 aliphatic carbocycles. The first-order chi connectivity index (χ1) is 11.5. The van der Waals surface area contributed by atoms with Gasteiger partial charge in [0.25, 0.3) is 0 Å². The number of hydrogen-bond donors (Lipinski definition) is 0. The molecule has 3 fully saturated rings. The maximum absolute atomic E-state index is 12.9. The largest absolute Gasteiger partial charge is 0.298 e. The average Bonchev–Trinajstić information content (AvgIpc) is 3.02. The van der Waals surface area contributed by atoms with Crippen LogP contribution >= 0.6 is 31.9 Å². The van der Waals surface area contributed by atoms with Crippen LogP contribution in [0.5, 0.6) is 0 Å². The number of carbonyl (C=O) groups is 2.